The molecule has 2 N–H and O–H groups in total. The van der Waals surface area contributed by atoms with Crippen LogP contribution in [0.1, 0.15) is 10.4 Å². The van der Waals surface area contributed by atoms with Gasteiger partial charge in [-0.3, -0.25) is 9.59 Å². The van der Waals surface area contributed by atoms with Crippen LogP contribution in [-0.4, -0.2) is 27.7 Å². The standard InChI is InChI=1S/C27H20ClN5O3/c1-36-33-24-18(16-29-27(32-24)31-19-10-6-3-7-11-19)14-22(26(33)35)21-15-20(12-13-23(21)28)30-25(34)17-8-4-2-5-9-17/h2-16H,1H3,(H,30,34)(H,29,31,32). The van der Waals surface area contributed by atoms with Gasteiger partial charge in [-0.25, -0.2) is 4.98 Å². The van der Waals surface area contributed by atoms with Crippen LogP contribution < -0.4 is 21.0 Å². The third kappa shape index (κ3) is 4.62. The highest BCUT2D eigenvalue weighted by Crippen LogP contribution is 2.30. The average molecular weight is 498 g/mol. The number of carbonyl (C=O) groups is 1. The molecule has 178 valence electrons. The molecule has 0 aliphatic rings. The lowest BCUT2D eigenvalue weighted by Gasteiger charge is -2.13. The van der Waals surface area contributed by atoms with Crippen molar-refractivity contribution >= 4 is 45.9 Å². The summed E-state index contributed by atoms with van der Waals surface area (Å²) >= 11 is 6.48. The smallest absolute Gasteiger partial charge is 0.293 e. The van der Waals surface area contributed by atoms with Gasteiger partial charge in [0.2, 0.25) is 5.95 Å². The van der Waals surface area contributed by atoms with E-state index in [9.17, 15) is 9.59 Å². The minimum Gasteiger partial charge on any atom is -0.412 e. The van der Waals surface area contributed by atoms with Gasteiger partial charge in [-0.15, -0.1) is 4.73 Å². The number of hydrogen-bond acceptors (Lipinski definition) is 6. The molecule has 0 fully saturated rings. The van der Waals surface area contributed by atoms with Crippen LogP contribution in [-0.2, 0) is 0 Å². The minimum atomic E-state index is -0.456. The van der Waals surface area contributed by atoms with Crippen molar-refractivity contribution in [3.63, 3.8) is 0 Å². The summed E-state index contributed by atoms with van der Waals surface area (Å²) in [5.74, 6) is 0.0406. The summed E-state index contributed by atoms with van der Waals surface area (Å²) < 4.78 is 1.09. The van der Waals surface area contributed by atoms with Crippen molar-refractivity contribution in [3.8, 4) is 11.1 Å². The Morgan fingerprint density at radius 2 is 1.64 bits per heavy atom. The summed E-state index contributed by atoms with van der Waals surface area (Å²) in [6.45, 7) is 0. The molecule has 2 aromatic heterocycles. The second-order valence-electron chi connectivity index (χ2n) is 7.82. The highest BCUT2D eigenvalue weighted by molar-refractivity contribution is 6.33. The SMILES string of the molecule is COn1c(=O)c(-c2cc(NC(=O)c3ccccc3)ccc2Cl)cc2cnc(Nc3ccccc3)nc21. The number of para-hydroxylation sites is 1. The van der Waals surface area contributed by atoms with Gasteiger partial charge >= 0.3 is 0 Å². The molecule has 0 spiro atoms. The number of benzene rings is 3. The van der Waals surface area contributed by atoms with E-state index in [0.717, 1.165) is 10.4 Å². The summed E-state index contributed by atoms with van der Waals surface area (Å²) in [6, 6.07) is 24.9. The molecular weight excluding hydrogens is 478 g/mol. The monoisotopic (exact) mass is 497 g/mol. The summed E-state index contributed by atoms with van der Waals surface area (Å²) in [4.78, 5) is 40.2. The molecule has 0 saturated carbocycles. The number of nitrogens with zero attached hydrogens (tertiary/aromatic N) is 3. The van der Waals surface area contributed by atoms with Crippen molar-refractivity contribution < 1.29 is 9.63 Å². The van der Waals surface area contributed by atoms with Gasteiger partial charge in [-0.1, -0.05) is 48.0 Å². The van der Waals surface area contributed by atoms with E-state index in [0.29, 0.717) is 38.8 Å². The van der Waals surface area contributed by atoms with E-state index in [4.69, 9.17) is 16.4 Å². The van der Waals surface area contributed by atoms with Crippen LogP contribution in [0.5, 0.6) is 0 Å². The maximum absolute atomic E-state index is 13.4. The summed E-state index contributed by atoms with van der Waals surface area (Å²) in [5, 5.41) is 6.86. The first-order valence-electron chi connectivity index (χ1n) is 11.0. The van der Waals surface area contributed by atoms with Crippen molar-refractivity contribution in [3.05, 3.63) is 112 Å². The van der Waals surface area contributed by atoms with Crippen LogP contribution in [0.15, 0.2) is 95.9 Å². The molecule has 0 atom stereocenters. The second kappa shape index (κ2) is 9.89. The van der Waals surface area contributed by atoms with E-state index in [1.165, 1.54) is 7.11 Å². The lowest BCUT2D eigenvalue weighted by atomic mass is 10.1. The van der Waals surface area contributed by atoms with Crippen molar-refractivity contribution in [2.75, 3.05) is 17.7 Å². The Kier molecular flexibility index (Phi) is 6.34. The molecule has 0 unspecified atom stereocenters. The van der Waals surface area contributed by atoms with Crippen LogP contribution >= 0.6 is 11.6 Å². The van der Waals surface area contributed by atoms with Crippen molar-refractivity contribution in [1.29, 1.82) is 0 Å². The predicted molar refractivity (Wildman–Crippen MR) is 141 cm³/mol. The number of nitrogens with one attached hydrogen (secondary N) is 2. The molecule has 5 rings (SSSR count). The molecule has 0 radical (unpaired) electrons. The van der Waals surface area contributed by atoms with Crippen molar-refractivity contribution in [2.24, 2.45) is 0 Å². The summed E-state index contributed by atoms with van der Waals surface area (Å²) in [6.07, 6.45) is 1.60. The van der Waals surface area contributed by atoms with E-state index in [1.807, 2.05) is 36.4 Å². The van der Waals surface area contributed by atoms with Crippen molar-refractivity contribution in [2.45, 2.75) is 0 Å². The number of aromatic nitrogens is 3. The molecule has 36 heavy (non-hydrogen) atoms. The van der Waals surface area contributed by atoms with Gasteiger partial charge in [-0.05, 0) is 48.5 Å². The molecule has 8 nitrogen and oxygen atoms in total. The van der Waals surface area contributed by atoms with Gasteiger partial charge in [0.25, 0.3) is 11.5 Å². The van der Waals surface area contributed by atoms with Crippen molar-refractivity contribution in [1.82, 2.24) is 14.7 Å². The minimum absolute atomic E-state index is 0.275. The van der Waals surface area contributed by atoms with Gasteiger partial charge < -0.3 is 15.5 Å². The zero-order chi connectivity index (χ0) is 25.1. The fraction of sp³-hybridized carbons (Fsp3) is 0.0370. The van der Waals surface area contributed by atoms with Gasteiger partial charge in [0.05, 0.1) is 5.56 Å². The van der Waals surface area contributed by atoms with Gasteiger partial charge in [0.1, 0.15) is 7.11 Å². The third-order valence-electron chi connectivity index (χ3n) is 5.47. The number of anilines is 3. The normalized spacial score (nSPS) is 10.7. The van der Waals surface area contributed by atoms with Gasteiger partial charge in [-0.2, -0.15) is 4.98 Å². The quantitative estimate of drug-likeness (QED) is 0.336. The average Bonchev–Trinajstić information content (AvgIpc) is 2.91. The molecule has 0 bridgehead atoms. The van der Waals surface area contributed by atoms with Gasteiger partial charge in [0.15, 0.2) is 5.65 Å². The third-order valence-corrected chi connectivity index (χ3v) is 5.80. The summed E-state index contributed by atoms with van der Waals surface area (Å²) in [5.41, 5.74) is 2.36. The summed E-state index contributed by atoms with van der Waals surface area (Å²) in [7, 11) is 1.38. The molecular formula is C27H20ClN5O3. The number of amides is 1. The molecule has 5 aromatic rings. The van der Waals surface area contributed by atoms with E-state index in [2.05, 4.69) is 20.6 Å². The van der Waals surface area contributed by atoms with Crippen LogP contribution in [0.3, 0.4) is 0 Å². The zero-order valence-corrected chi connectivity index (χ0v) is 19.9. The molecule has 0 saturated heterocycles. The number of halogens is 1. The van der Waals surface area contributed by atoms with Crippen LogP contribution in [0.2, 0.25) is 5.02 Å². The lowest BCUT2D eigenvalue weighted by molar-refractivity contribution is 0.102. The van der Waals surface area contributed by atoms with E-state index >= 15 is 0 Å². The van der Waals surface area contributed by atoms with E-state index < -0.39 is 5.56 Å². The van der Waals surface area contributed by atoms with E-state index in [1.54, 1.807) is 54.7 Å². The van der Waals surface area contributed by atoms with Crippen LogP contribution in [0.25, 0.3) is 22.2 Å². The number of hydrogen-bond donors (Lipinski definition) is 2. The first kappa shape index (κ1) is 23.1. The van der Waals surface area contributed by atoms with E-state index in [-0.39, 0.29) is 11.5 Å². The maximum atomic E-state index is 13.4. The van der Waals surface area contributed by atoms with Gasteiger partial charge in [0, 0.05) is 39.1 Å². The lowest BCUT2D eigenvalue weighted by Crippen LogP contribution is -2.27. The Hall–Kier alpha value is -4.69. The Labute approximate surface area is 211 Å². The fourth-order valence-electron chi connectivity index (χ4n) is 3.74. The Morgan fingerprint density at radius 3 is 2.36 bits per heavy atom. The number of fused-ring (bicyclic) bond motifs is 1. The molecule has 0 aliphatic carbocycles. The second-order valence-corrected chi connectivity index (χ2v) is 8.23. The fourth-order valence-corrected chi connectivity index (χ4v) is 3.96. The highest BCUT2D eigenvalue weighted by atomic mass is 35.5. The Bertz CT molecular complexity index is 1620. The zero-order valence-electron chi connectivity index (χ0n) is 19.1. The van der Waals surface area contributed by atoms with Crippen LogP contribution in [0.4, 0.5) is 17.3 Å². The Morgan fingerprint density at radius 1 is 0.917 bits per heavy atom. The predicted octanol–water partition coefficient (Wildman–Crippen LogP) is 5.17. The molecule has 0 aliphatic heterocycles. The highest BCUT2D eigenvalue weighted by Gasteiger charge is 2.17. The number of rotatable bonds is 6. The molecule has 9 heteroatoms. The largest absolute Gasteiger partial charge is 0.412 e. The first-order valence-corrected chi connectivity index (χ1v) is 11.4. The maximum Gasteiger partial charge on any atom is 0.293 e. The Balaban J connectivity index is 1.54. The molecule has 1 amide bonds. The molecule has 3 aromatic carbocycles. The van der Waals surface area contributed by atoms with Crippen LogP contribution in [0, 0.1) is 0 Å². The first-order chi connectivity index (χ1) is 17.5. The molecule has 2 heterocycles. The number of pyridine rings is 1. The number of carbonyl (C=O) groups excluding carboxylic acids is 1. The topological polar surface area (TPSA) is 98.1 Å².